The summed E-state index contributed by atoms with van der Waals surface area (Å²) in [5.41, 5.74) is 0.502. The Hall–Kier alpha value is -1.88. The molecule has 1 rings (SSSR count). The summed E-state index contributed by atoms with van der Waals surface area (Å²) in [6, 6.07) is 7.62. The van der Waals surface area contributed by atoms with E-state index in [4.69, 9.17) is 4.74 Å². The van der Waals surface area contributed by atoms with Gasteiger partial charge in [0.05, 0.1) is 21.1 Å². The van der Waals surface area contributed by atoms with Crippen LogP contribution in [0.15, 0.2) is 24.3 Å². The average Bonchev–Trinajstić information content (AvgIpc) is 2.43. The van der Waals surface area contributed by atoms with Gasteiger partial charge in [0.25, 0.3) is 0 Å². The highest BCUT2D eigenvalue weighted by Gasteiger charge is 2.48. The molecule has 0 aliphatic carbocycles. The van der Waals surface area contributed by atoms with Crippen LogP contribution in [-0.2, 0) is 26.2 Å². The van der Waals surface area contributed by atoms with Crippen LogP contribution in [0.25, 0.3) is 0 Å². The Morgan fingerprint density at radius 3 is 2.04 bits per heavy atom. The van der Waals surface area contributed by atoms with E-state index in [9.17, 15) is 14.7 Å². The first kappa shape index (κ1) is 21.2. The molecule has 5 nitrogen and oxygen atoms in total. The molecule has 0 spiro atoms. The molecule has 0 aromatic heterocycles. The maximum absolute atomic E-state index is 12.2. The van der Waals surface area contributed by atoms with Crippen molar-refractivity contribution in [2.45, 2.75) is 45.6 Å². The Morgan fingerprint density at radius 1 is 1.16 bits per heavy atom. The fourth-order valence-corrected chi connectivity index (χ4v) is 2.94. The number of carboxylic acid groups (broad SMARTS) is 1. The molecule has 0 amide bonds. The van der Waals surface area contributed by atoms with Gasteiger partial charge in [-0.2, -0.15) is 0 Å². The number of ether oxygens (including phenoxy) is 1. The predicted octanol–water partition coefficient (Wildman–Crippen LogP) is 2.87. The molecule has 2 atom stereocenters. The SMILES string of the molecule is CC(=O)OC(C[N+](C)(C)C)C(C)(C(=O)O)c1ccc(CC(C)C)cc1. The highest BCUT2D eigenvalue weighted by Crippen LogP contribution is 2.32. The summed E-state index contributed by atoms with van der Waals surface area (Å²) >= 11 is 0. The molecule has 1 aromatic carbocycles. The van der Waals surface area contributed by atoms with Crippen LogP contribution in [0, 0.1) is 5.92 Å². The standard InChI is InChI=1S/C20H31NO4/c1-14(2)12-16-8-10-17(11-9-16)20(4,19(23)24)18(25-15(3)22)13-21(5,6)7/h8-11,14,18H,12-13H2,1-7H3/p+1. The molecule has 0 aliphatic heterocycles. The summed E-state index contributed by atoms with van der Waals surface area (Å²) in [4.78, 5) is 23.8. The van der Waals surface area contributed by atoms with E-state index in [1.54, 1.807) is 6.92 Å². The molecular formula is C20H32NO4+. The number of carboxylic acids is 1. The molecule has 0 fully saturated rings. The first-order chi connectivity index (χ1) is 11.4. The number of likely N-dealkylation sites (N-methyl/N-ethyl adjacent to an activating group) is 1. The Bertz CT molecular complexity index is 601. The minimum atomic E-state index is -1.31. The Balaban J connectivity index is 3.30. The molecule has 0 radical (unpaired) electrons. The largest absolute Gasteiger partial charge is 0.480 e. The van der Waals surface area contributed by atoms with Crippen molar-refractivity contribution in [3.05, 3.63) is 35.4 Å². The number of rotatable bonds is 8. The van der Waals surface area contributed by atoms with E-state index in [1.165, 1.54) is 12.5 Å². The number of aliphatic carboxylic acids is 1. The number of carbonyl (C=O) groups is 2. The van der Waals surface area contributed by atoms with Crippen LogP contribution in [-0.4, -0.2) is 55.3 Å². The number of benzene rings is 1. The fraction of sp³-hybridized carbons (Fsp3) is 0.600. The minimum Gasteiger partial charge on any atom is -0.480 e. The van der Waals surface area contributed by atoms with Gasteiger partial charge in [0, 0.05) is 6.92 Å². The lowest BCUT2D eigenvalue weighted by Gasteiger charge is -2.37. The van der Waals surface area contributed by atoms with Crippen LogP contribution < -0.4 is 0 Å². The average molecular weight is 350 g/mol. The van der Waals surface area contributed by atoms with Gasteiger partial charge in [-0.3, -0.25) is 9.59 Å². The van der Waals surface area contributed by atoms with E-state index in [0.717, 1.165) is 6.42 Å². The number of quaternary nitrogens is 1. The van der Waals surface area contributed by atoms with Crippen molar-refractivity contribution in [3.8, 4) is 0 Å². The molecule has 1 aromatic rings. The lowest BCUT2D eigenvalue weighted by molar-refractivity contribution is -0.873. The number of esters is 1. The van der Waals surface area contributed by atoms with E-state index in [2.05, 4.69) is 13.8 Å². The van der Waals surface area contributed by atoms with E-state index < -0.39 is 23.5 Å². The molecular weight excluding hydrogens is 318 g/mol. The van der Waals surface area contributed by atoms with Gasteiger partial charge >= 0.3 is 11.9 Å². The van der Waals surface area contributed by atoms with Crippen molar-refractivity contribution in [2.75, 3.05) is 27.7 Å². The van der Waals surface area contributed by atoms with Crippen LogP contribution in [0.5, 0.6) is 0 Å². The summed E-state index contributed by atoms with van der Waals surface area (Å²) in [6.45, 7) is 7.64. The van der Waals surface area contributed by atoms with Crippen molar-refractivity contribution in [1.29, 1.82) is 0 Å². The number of nitrogens with zero attached hydrogens (tertiary/aromatic N) is 1. The molecule has 140 valence electrons. The van der Waals surface area contributed by atoms with Crippen molar-refractivity contribution in [3.63, 3.8) is 0 Å². The lowest BCUT2D eigenvalue weighted by atomic mass is 9.76. The first-order valence-corrected chi connectivity index (χ1v) is 8.66. The zero-order valence-electron chi connectivity index (χ0n) is 16.5. The van der Waals surface area contributed by atoms with Crippen molar-refractivity contribution in [2.24, 2.45) is 5.92 Å². The van der Waals surface area contributed by atoms with Crippen LogP contribution in [0.3, 0.4) is 0 Å². The lowest BCUT2D eigenvalue weighted by Crippen LogP contribution is -2.54. The van der Waals surface area contributed by atoms with E-state index in [0.29, 0.717) is 22.5 Å². The normalized spacial score (nSPS) is 15.5. The Labute approximate surface area is 151 Å². The number of carbonyl (C=O) groups excluding carboxylic acids is 1. The van der Waals surface area contributed by atoms with Gasteiger partial charge in [-0.1, -0.05) is 38.1 Å². The molecule has 0 saturated heterocycles. The summed E-state index contributed by atoms with van der Waals surface area (Å²) < 4.78 is 5.96. The Kier molecular flexibility index (Phi) is 6.77. The minimum absolute atomic E-state index is 0.399. The molecule has 0 aliphatic rings. The van der Waals surface area contributed by atoms with E-state index >= 15 is 0 Å². The summed E-state index contributed by atoms with van der Waals surface area (Å²) in [5, 5.41) is 9.98. The molecule has 0 bridgehead atoms. The van der Waals surface area contributed by atoms with Gasteiger partial charge in [0.1, 0.15) is 12.0 Å². The molecule has 0 heterocycles. The van der Waals surface area contributed by atoms with Crippen molar-refractivity contribution in [1.82, 2.24) is 0 Å². The Morgan fingerprint density at radius 2 is 1.68 bits per heavy atom. The van der Waals surface area contributed by atoms with Gasteiger partial charge in [-0.05, 0) is 30.4 Å². The van der Waals surface area contributed by atoms with Gasteiger partial charge in [0.2, 0.25) is 0 Å². The second-order valence-electron chi connectivity index (χ2n) is 8.37. The first-order valence-electron chi connectivity index (χ1n) is 8.66. The van der Waals surface area contributed by atoms with Crippen LogP contribution >= 0.6 is 0 Å². The van der Waals surface area contributed by atoms with Crippen molar-refractivity contribution < 1.29 is 23.9 Å². The van der Waals surface area contributed by atoms with Crippen LogP contribution in [0.1, 0.15) is 38.8 Å². The second kappa shape index (κ2) is 8.00. The summed E-state index contributed by atoms with van der Waals surface area (Å²) in [6.07, 6.45) is 0.175. The maximum Gasteiger partial charge on any atom is 0.317 e. The molecule has 2 unspecified atom stereocenters. The van der Waals surface area contributed by atoms with E-state index in [-0.39, 0.29) is 0 Å². The highest BCUT2D eigenvalue weighted by atomic mass is 16.5. The van der Waals surface area contributed by atoms with Gasteiger partial charge in [0.15, 0.2) is 6.10 Å². The fourth-order valence-electron chi connectivity index (χ4n) is 2.94. The molecule has 0 saturated carbocycles. The van der Waals surface area contributed by atoms with Gasteiger partial charge in [-0.15, -0.1) is 0 Å². The monoisotopic (exact) mass is 350 g/mol. The smallest absolute Gasteiger partial charge is 0.317 e. The molecule has 1 N–H and O–H groups in total. The third kappa shape index (κ3) is 5.85. The van der Waals surface area contributed by atoms with Gasteiger partial charge < -0.3 is 14.3 Å². The quantitative estimate of drug-likeness (QED) is 0.578. The van der Waals surface area contributed by atoms with Crippen molar-refractivity contribution >= 4 is 11.9 Å². The third-order valence-electron chi connectivity index (χ3n) is 4.31. The van der Waals surface area contributed by atoms with Gasteiger partial charge in [-0.25, -0.2) is 0 Å². The maximum atomic E-state index is 12.2. The molecule has 25 heavy (non-hydrogen) atoms. The zero-order valence-corrected chi connectivity index (χ0v) is 16.5. The summed E-state index contributed by atoms with van der Waals surface area (Å²) in [7, 11) is 5.85. The third-order valence-corrected chi connectivity index (χ3v) is 4.31. The second-order valence-corrected chi connectivity index (χ2v) is 8.37. The topological polar surface area (TPSA) is 63.6 Å². The predicted molar refractivity (Wildman–Crippen MR) is 98.4 cm³/mol. The summed E-state index contributed by atoms with van der Waals surface area (Å²) in [5.74, 6) is -0.935. The highest BCUT2D eigenvalue weighted by molar-refractivity contribution is 5.82. The van der Waals surface area contributed by atoms with Crippen LogP contribution in [0.2, 0.25) is 0 Å². The zero-order chi connectivity index (χ0) is 19.4. The molecule has 5 heteroatoms. The van der Waals surface area contributed by atoms with E-state index in [1.807, 2.05) is 45.4 Å². The van der Waals surface area contributed by atoms with Crippen LogP contribution in [0.4, 0.5) is 0 Å². The number of hydrogen-bond donors (Lipinski definition) is 1. The number of hydrogen-bond acceptors (Lipinski definition) is 3.